The molecule has 0 aromatic carbocycles. The van der Waals surface area contributed by atoms with E-state index in [2.05, 4.69) is 27.3 Å². The average Bonchev–Trinajstić information content (AvgIpc) is 2.56. The molecule has 0 atom stereocenters. The highest BCUT2D eigenvalue weighted by atomic mass is 35.5. The van der Waals surface area contributed by atoms with Crippen LogP contribution < -0.4 is 5.32 Å². The van der Waals surface area contributed by atoms with E-state index < -0.39 is 0 Å². The second-order valence-electron chi connectivity index (χ2n) is 4.23. The highest BCUT2D eigenvalue weighted by molar-refractivity contribution is 5.85. The van der Waals surface area contributed by atoms with Crippen molar-refractivity contribution in [1.29, 1.82) is 0 Å². The zero-order valence-corrected chi connectivity index (χ0v) is 11.1. The number of hydrogen-bond acceptors (Lipinski definition) is 5. The third-order valence-corrected chi connectivity index (χ3v) is 2.78. The summed E-state index contributed by atoms with van der Waals surface area (Å²) in [4.78, 5) is 6.75. The lowest BCUT2D eigenvalue weighted by atomic mass is 10.3. The van der Waals surface area contributed by atoms with Gasteiger partial charge in [-0.3, -0.25) is 4.90 Å². The Morgan fingerprint density at radius 3 is 3.06 bits per heavy atom. The van der Waals surface area contributed by atoms with Crippen molar-refractivity contribution in [2.24, 2.45) is 0 Å². The number of aromatic nitrogens is 2. The van der Waals surface area contributed by atoms with E-state index in [1.54, 1.807) is 0 Å². The van der Waals surface area contributed by atoms with Crippen molar-refractivity contribution in [3.05, 3.63) is 11.7 Å². The second kappa shape index (κ2) is 7.63. The number of halogens is 1. The van der Waals surface area contributed by atoms with Crippen LogP contribution in [0.1, 0.15) is 31.5 Å². The predicted molar refractivity (Wildman–Crippen MR) is 68.3 cm³/mol. The summed E-state index contributed by atoms with van der Waals surface area (Å²) in [5, 5.41) is 7.35. The van der Waals surface area contributed by atoms with Crippen LogP contribution >= 0.6 is 12.4 Å². The Hall–Kier alpha value is -0.650. The number of nitrogens with one attached hydrogen (secondary N) is 1. The molecule has 17 heavy (non-hydrogen) atoms. The van der Waals surface area contributed by atoms with Crippen LogP contribution in [0.4, 0.5) is 0 Å². The molecule has 2 heterocycles. The van der Waals surface area contributed by atoms with Gasteiger partial charge in [0.25, 0.3) is 0 Å². The van der Waals surface area contributed by atoms with E-state index in [0.29, 0.717) is 0 Å². The maximum Gasteiger partial charge on any atom is 0.240 e. The Kier molecular flexibility index (Phi) is 6.47. The molecule has 98 valence electrons. The van der Waals surface area contributed by atoms with E-state index >= 15 is 0 Å². The first-order valence-electron chi connectivity index (χ1n) is 6.13. The maximum absolute atomic E-state index is 5.24. The summed E-state index contributed by atoms with van der Waals surface area (Å²) in [7, 11) is 0. The van der Waals surface area contributed by atoms with Crippen molar-refractivity contribution in [2.45, 2.75) is 32.7 Å². The SMILES string of the molecule is CCCc1noc(CN2CCCNCC2)n1.Cl. The normalized spacial score (nSPS) is 17.5. The van der Waals surface area contributed by atoms with Crippen molar-refractivity contribution < 1.29 is 4.52 Å². The molecule has 1 aliphatic rings. The van der Waals surface area contributed by atoms with Crippen molar-refractivity contribution >= 4 is 12.4 Å². The standard InChI is InChI=1S/C11H20N4O.ClH/c1-2-4-10-13-11(16-14-10)9-15-7-3-5-12-6-8-15;/h12H,2-9H2,1H3;1H. The van der Waals surface area contributed by atoms with E-state index in [9.17, 15) is 0 Å². The predicted octanol–water partition coefficient (Wildman–Crippen LogP) is 1.24. The summed E-state index contributed by atoms with van der Waals surface area (Å²) in [6.45, 7) is 7.25. The molecule has 5 nitrogen and oxygen atoms in total. The molecule has 1 fully saturated rings. The molecule has 1 aliphatic heterocycles. The molecule has 1 aromatic rings. The second-order valence-corrected chi connectivity index (χ2v) is 4.23. The Morgan fingerprint density at radius 2 is 2.24 bits per heavy atom. The van der Waals surface area contributed by atoms with Crippen LogP contribution in [0.2, 0.25) is 0 Å². The molecule has 0 radical (unpaired) electrons. The largest absolute Gasteiger partial charge is 0.338 e. The minimum absolute atomic E-state index is 0. The summed E-state index contributed by atoms with van der Waals surface area (Å²) in [6.07, 6.45) is 3.16. The van der Waals surface area contributed by atoms with Crippen molar-refractivity contribution in [2.75, 3.05) is 26.2 Å². The number of nitrogens with zero attached hydrogens (tertiary/aromatic N) is 3. The molecule has 1 aromatic heterocycles. The third kappa shape index (κ3) is 4.61. The summed E-state index contributed by atoms with van der Waals surface area (Å²) >= 11 is 0. The molecule has 2 rings (SSSR count). The first-order chi connectivity index (χ1) is 7.88. The molecule has 6 heteroatoms. The number of hydrogen-bond donors (Lipinski definition) is 1. The van der Waals surface area contributed by atoms with Crippen LogP contribution in [0, 0.1) is 0 Å². The van der Waals surface area contributed by atoms with E-state index in [0.717, 1.165) is 57.3 Å². The molecule has 1 N–H and O–H groups in total. The van der Waals surface area contributed by atoms with E-state index in [4.69, 9.17) is 4.52 Å². The first kappa shape index (κ1) is 14.4. The number of rotatable bonds is 4. The van der Waals surface area contributed by atoms with Gasteiger partial charge in [-0.2, -0.15) is 4.98 Å². The number of aryl methyl sites for hydroxylation is 1. The van der Waals surface area contributed by atoms with Gasteiger partial charge in [-0.25, -0.2) is 0 Å². The van der Waals surface area contributed by atoms with Crippen LogP contribution in [0.25, 0.3) is 0 Å². The lowest BCUT2D eigenvalue weighted by Crippen LogP contribution is -2.27. The Morgan fingerprint density at radius 1 is 1.35 bits per heavy atom. The summed E-state index contributed by atoms with van der Waals surface area (Å²) in [5.41, 5.74) is 0. The fraction of sp³-hybridized carbons (Fsp3) is 0.818. The highest BCUT2D eigenvalue weighted by Gasteiger charge is 2.13. The average molecular weight is 261 g/mol. The topological polar surface area (TPSA) is 54.2 Å². The van der Waals surface area contributed by atoms with Crippen LogP contribution in [0.5, 0.6) is 0 Å². The van der Waals surface area contributed by atoms with Gasteiger partial charge in [-0.1, -0.05) is 12.1 Å². The quantitative estimate of drug-likeness (QED) is 0.883. The third-order valence-electron chi connectivity index (χ3n) is 2.78. The molecular formula is C11H21ClN4O. The Balaban J connectivity index is 0.00000144. The molecule has 1 saturated heterocycles. The molecule has 0 aliphatic carbocycles. The molecular weight excluding hydrogens is 240 g/mol. The van der Waals surface area contributed by atoms with E-state index in [1.165, 1.54) is 6.42 Å². The Bertz CT molecular complexity index is 310. The lowest BCUT2D eigenvalue weighted by Gasteiger charge is -2.16. The minimum Gasteiger partial charge on any atom is -0.338 e. The summed E-state index contributed by atoms with van der Waals surface area (Å²) in [6, 6.07) is 0. The summed E-state index contributed by atoms with van der Waals surface area (Å²) < 4.78 is 5.24. The smallest absolute Gasteiger partial charge is 0.240 e. The van der Waals surface area contributed by atoms with Gasteiger partial charge < -0.3 is 9.84 Å². The van der Waals surface area contributed by atoms with Gasteiger partial charge >= 0.3 is 0 Å². The minimum atomic E-state index is 0. The molecule has 0 amide bonds. The van der Waals surface area contributed by atoms with Crippen LogP contribution in [0.15, 0.2) is 4.52 Å². The van der Waals surface area contributed by atoms with Gasteiger partial charge in [0.05, 0.1) is 6.54 Å². The van der Waals surface area contributed by atoms with Crippen LogP contribution in [-0.4, -0.2) is 41.2 Å². The molecule has 0 saturated carbocycles. The van der Waals surface area contributed by atoms with E-state index in [-0.39, 0.29) is 12.4 Å². The maximum atomic E-state index is 5.24. The van der Waals surface area contributed by atoms with Gasteiger partial charge in [-0.05, 0) is 25.9 Å². The van der Waals surface area contributed by atoms with Gasteiger partial charge in [0.2, 0.25) is 5.89 Å². The molecule has 0 bridgehead atoms. The van der Waals surface area contributed by atoms with Crippen LogP contribution in [0.3, 0.4) is 0 Å². The zero-order valence-electron chi connectivity index (χ0n) is 10.3. The van der Waals surface area contributed by atoms with Crippen molar-refractivity contribution in [1.82, 2.24) is 20.4 Å². The van der Waals surface area contributed by atoms with Crippen LogP contribution in [-0.2, 0) is 13.0 Å². The fourth-order valence-electron chi connectivity index (χ4n) is 1.93. The molecule has 0 spiro atoms. The fourth-order valence-corrected chi connectivity index (χ4v) is 1.93. The Labute approximate surface area is 108 Å². The molecule has 0 unspecified atom stereocenters. The highest BCUT2D eigenvalue weighted by Crippen LogP contribution is 2.05. The van der Waals surface area contributed by atoms with Crippen molar-refractivity contribution in [3.8, 4) is 0 Å². The lowest BCUT2D eigenvalue weighted by molar-refractivity contribution is 0.238. The zero-order chi connectivity index (χ0) is 11.2. The summed E-state index contributed by atoms with van der Waals surface area (Å²) in [5.74, 6) is 1.59. The van der Waals surface area contributed by atoms with Crippen molar-refractivity contribution in [3.63, 3.8) is 0 Å². The van der Waals surface area contributed by atoms with E-state index in [1.807, 2.05) is 0 Å². The first-order valence-corrected chi connectivity index (χ1v) is 6.13. The van der Waals surface area contributed by atoms with Gasteiger partial charge in [-0.15, -0.1) is 12.4 Å². The van der Waals surface area contributed by atoms with Gasteiger partial charge in [0.15, 0.2) is 5.82 Å². The van der Waals surface area contributed by atoms with Gasteiger partial charge in [0.1, 0.15) is 0 Å². The van der Waals surface area contributed by atoms with Gasteiger partial charge in [0, 0.05) is 19.5 Å². The monoisotopic (exact) mass is 260 g/mol.